The molecule has 2 saturated heterocycles. The molecule has 1 atom stereocenters. The van der Waals surface area contributed by atoms with Crippen LogP contribution in [0.5, 0.6) is 0 Å². The molecule has 0 aliphatic carbocycles. The van der Waals surface area contributed by atoms with Crippen molar-refractivity contribution < 1.29 is 9.90 Å². The Bertz CT molecular complexity index is 287. The second kappa shape index (κ2) is 5.55. The molecule has 1 amide bonds. The fourth-order valence-electron chi connectivity index (χ4n) is 2.79. The van der Waals surface area contributed by atoms with Gasteiger partial charge in [-0.25, -0.2) is 0 Å². The summed E-state index contributed by atoms with van der Waals surface area (Å²) < 4.78 is 0. The van der Waals surface area contributed by atoms with Crippen LogP contribution in [0.2, 0.25) is 0 Å². The van der Waals surface area contributed by atoms with Gasteiger partial charge in [0.05, 0.1) is 11.6 Å². The fraction of sp³-hybridized carbons (Fsp3) is 0.923. The van der Waals surface area contributed by atoms with Crippen molar-refractivity contribution in [2.45, 2.75) is 38.3 Å². The molecule has 1 unspecified atom stereocenters. The second-order valence-electron chi connectivity index (χ2n) is 6.06. The van der Waals surface area contributed by atoms with Gasteiger partial charge in [0, 0.05) is 32.7 Å². The molecule has 0 saturated carbocycles. The number of hydrogen-bond donors (Lipinski definition) is 2. The minimum absolute atomic E-state index is 0.0471. The summed E-state index contributed by atoms with van der Waals surface area (Å²) in [5, 5.41) is 13.0. The predicted molar refractivity (Wildman–Crippen MR) is 70.3 cm³/mol. The number of rotatable bonds is 3. The summed E-state index contributed by atoms with van der Waals surface area (Å²) >= 11 is 0. The van der Waals surface area contributed by atoms with Crippen molar-refractivity contribution >= 4 is 5.91 Å². The van der Waals surface area contributed by atoms with Crippen LogP contribution in [0.1, 0.15) is 26.7 Å². The molecule has 0 aromatic rings. The van der Waals surface area contributed by atoms with Crippen LogP contribution >= 0.6 is 0 Å². The zero-order chi connectivity index (χ0) is 13.2. The number of carbonyl (C=O) groups is 1. The van der Waals surface area contributed by atoms with Gasteiger partial charge < -0.3 is 15.3 Å². The van der Waals surface area contributed by atoms with E-state index in [1.54, 1.807) is 0 Å². The number of nitrogens with zero attached hydrogens (tertiary/aromatic N) is 2. The van der Waals surface area contributed by atoms with E-state index < -0.39 is 5.60 Å². The molecule has 104 valence electrons. The van der Waals surface area contributed by atoms with Crippen LogP contribution in [0.3, 0.4) is 0 Å². The molecule has 5 heteroatoms. The zero-order valence-electron chi connectivity index (χ0n) is 11.5. The lowest BCUT2D eigenvalue weighted by molar-refractivity contribution is -0.135. The standard InChI is InChI=1S/C13H25N3O2/c1-13(2,18)10-15-6-8-16(9-7-15)12(17)11-4-3-5-14-11/h11,14,18H,3-10H2,1-2H3. The molecule has 5 nitrogen and oxygen atoms in total. The summed E-state index contributed by atoms with van der Waals surface area (Å²) in [6.45, 7) is 8.59. The topological polar surface area (TPSA) is 55.8 Å². The van der Waals surface area contributed by atoms with Gasteiger partial charge in [-0.2, -0.15) is 0 Å². The number of β-amino-alcohol motifs (C(OH)–C–C–N with tert-alkyl or cyclic N) is 1. The van der Waals surface area contributed by atoms with E-state index in [-0.39, 0.29) is 11.9 Å². The van der Waals surface area contributed by atoms with Gasteiger partial charge in [0.25, 0.3) is 0 Å². The molecule has 18 heavy (non-hydrogen) atoms. The van der Waals surface area contributed by atoms with E-state index in [2.05, 4.69) is 10.2 Å². The van der Waals surface area contributed by atoms with Gasteiger partial charge >= 0.3 is 0 Å². The summed E-state index contributed by atoms with van der Waals surface area (Å²) in [6.07, 6.45) is 2.08. The third-order valence-electron chi connectivity index (χ3n) is 3.65. The minimum atomic E-state index is -0.654. The lowest BCUT2D eigenvalue weighted by Crippen LogP contribution is -2.54. The van der Waals surface area contributed by atoms with Crippen LogP contribution in [-0.4, -0.2) is 71.7 Å². The largest absolute Gasteiger partial charge is 0.389 e. The maximum Gasteiger partial charge on any atom is 0.239 e. The van der Waals surface area contributed by atoms with E-state index >= 15 is 0 Å². The Labute approximate surface area is 109 Å². The first-order valence-electron chi connectivity index (χ1n) is 6.93. The molecular weight excluding hydrogens is 230 g/mol. The highest BCUT2D eigenvalue weighted by Crippen LogP contribution is 2.12. The highest BCUT2D eigenvalue weighted by atomic mass is 16.3. The number of piperazine rings is 1. The highest BCUT2D eigenvalue weighted by molar-refractivity contribution is 5.82. The summed E-state index contributed by atoms with van der Waals surface area (Å²) in [6, 6.07) is 0.0471. The zero-order valence-corrected chi connectivity index (χ0v) is 11.5. The van der Waals surface area contributed by atoms with E-state index in [0.717, 1.165) is 45.6 Å². The van der Waals surface area contributed by atoms with Crippen LogP contribution in [0, 0.1) is 0 Å². The SMILES string of the molecule is CC(C)(O)CN1CCN(C(=O)C2CCCN2)CC1. The summed E-state index contributed by atoms with van der Waals surface area (Å²) in [4.78, 5) is 16.4. The molecule has 2 heterocycles. The summed E-state index contributed by atoms with van der Waals surface area (Å²) in [5.74, 6) is 0.260. The Balaban J connectivity index is 1.77. The Hall–Kier alpha value is -0.650. The van der Waals surface area contributed by atoms with Gasteiger partial charge in [-0.05, 0) is 33.2 Å². The molecule has 2 rings (SSSR count). The van der Waals surface area contributed by atoms with E-state index in [9.17, 15) is 9.90 Å². The van der Waals surface area contributed by atoms with Gasteiger partial charge in [0.15, 0.2) is 0 Å². The first-order chi connectivity index (χ1) is 8.46. The normalized spacial score (nSPS) is 26.6. The van der Waals surface area contributed by atoms with Crippen molar-refractivity contribution in [2.75, 3.05) is 39.3 Å². The molecule has 2 aliphatic heterocycles. The van der Waals surface area contributed by atoms with Crippen LogP contribution in [0.15, 0.2) is 0 Å². The van der Waals surface area contributed by atoms with Crippen molar-refractivity contribution in [2.24, 2.45) is 0 Å². The predicted octanol–water partition coefficient (Wildman–Crippen LogP) is -0.346. The maximum atomic E-state index is 12.2. The summed E-state index contributed by atoms with van der Waals surface area (Å²) in [5.41, 5.74) is -0.654. The maximum absolute atomic E-state index is 12.2. The molecule has 2 aliphatic rings. The Morgan fingerprint density at radius 3 is 2.50 bits per heavy atom. The van der Waals surface area contributed by atoms with Crippen molar-refractivity contribution in [1.29, 1.82) is 0 Å². The quantitative estimate of drug-likeness (QED) is 0.724. The third-order valence-corrected chi connectivity index (χ3v) is 3.65. The van der Waals surface area contributed by atoms with E-state index in [1.807, 2.05) is 18.7 Å². The highest BCUT2D eigenvalue weighted by Gasteiger charge is 2.30. The van der Waals surface area contributed by atoms with Crippen molar-refractivity contribution in [3.8, 4) is 0 Å². The second-order valence-corrected chi connectivity index (χ2v) is 6.06. The molecule has 2 fully saturated rings. The average Bonchev–Trinajstić information content (AvgIpc) is 2.80. The van der Waals surface area contributed by atoms with Gasteiger partial charge in [-0.15, -0.1) is 0 Å². The smallest absolute Gasteiger partial charge is 0.239 e. The lowest BCUT2D eigenvalue weighted by Gasteiger charge is -2.38. The summed E-state index contributed by atoms with van der Waals surface area (Å²) in [7, 11) is 0. The molecule has 0 radical (unpaired) electrons. The minimum Gasteiger partial charge on any atom is -0.389 e. The van der Waals surface area contributed by atoms with Crippen LogP contribution in [-0.2, 0) is 4.79 Å². The number of amides is 1. The van der Waals surface area contributed by atoms with E-state index in [1.165, 1.54) is 0 Å². The Kier molecular flexibility index (Phi) is 4.25. The Morgan fingerprint density at radius 1 is 1.33 bits per heavy atom. The number of carbonyl (C=O) groups excluding carboxylic acids is 1. The number of nitrogens with one attached hydrogen (secondary N) is 1. The number of aliphatic hydroxyl groups is 1. The molecule has 0 aromatic heterocycles. The lowest BCUT2D eigenvalue weighted by atomic mass is 10.1. The monoisotopic (exact) mass is 255 g/mol. The molecular formula is C13H25N3O2. The molecule has 0 aromatic carbocycles. The number of hydrogen-bond acceptors (Lipinski definition) is 4. The fourth-order valence-corrected chi connectivity index (χ4v) is 2.79. The first-order valence-corrected chi connectivity index (χ1v) is 6.93. The van der Waals surface area contributed by atoms with Gasteiger partial charge in [-0.3, -0.25) is 9.69 Å². The van der Waals surface area contributed by atoms with E-state index in [4.69, 9.17) is 0 Å². The third kappa shape index (κ3) is 3.67. The van der Waals surface area contributed by atoms with E-state index in [0.29, 0.717) is 6.54 Å². The first kappa shape index (κ1) is 13.8. The van der Waals surface area contributed by atoms with Crippen LogP contribution in [0.25, 0.3) is 0 Å². The Morgan fingerprint density at radius 2 is 2.00 bits per heavy atom. The van der Waals surface area contributed by atoms with Crippen molar-refractivity contribution in [3.63, 3.8) is 0 Å². The van der Waals surface area contributed by atoms with Crippen LogP contribution < -0.4 is 5.32 Å². The van der Waals surface area contributed by atoms with Crippen molar-refractivity contribution in [1.82, 2.24) is 15.1 Å². The van der Waals surface area contributed by atoms with Crippen molar-refractivity contribution in [3.05, 3.63) is 0 Å². The van der Waals surface area contributed by atoms with Gasteiger partial charge in [0.2, 0.25) is 5.91 Å². The van der Waals surface area contributed by atoms with Gasteiger partial charge in [0.1, 0.15) is 0 Å². The average molecular weight is 255 g/mol. The van der Waals surface area contributed by atoms with Crippen LogP contribution in [0.4, 0.5) is 0 Å². The molecule has 0 spiro atoms. The molecule has 2 N–H and O–H groups in total. The molecule has 0 bridgehead atoms. The van der Waals surface area contributed by atoms with Gasteiger partial charge in [-0.1, -0.05) is 0 Å².